The third kappa shape index (κ3) is 1.19. The second kappa shape index (κ2) is 2.79. The lowest BCUT2D eigenvalue weighted by Gasteiger charge is -1.78. The molecule has 0 atom stereocenters. The van der Waals surface area contributed by atoms with Crippen LogP contribution in [0.15, 0.2) is 9.81 Å². The maximum atomic E-state index is 8.33. The largest absolute Gasteiger partial charge is 0.198 e. The fourth-order valence-corrected chi connectivity index (χ4v) is 1.80. The van der Waals surface area contributed by atoms with E-state index in [0.717, 1.165) is 0 Å². The molecule has 0 unspecified atom stereocenters. The maximum absolute atomic E-state index is 8.33. The Morgan fingerprint density at radius 1 is 1.11 bits per heavy atom. The first-order valence-electron chi connectivity index (χ1n) is 2.01. The van der Waals surface area contributed by atoms with Gasteiger partial charge in [0.1, 0.15) is 21.9 Å². The SMILES string of the molecule is N#CC1=C(C#N)SNS1. The van der Waals surface area contributed by atoms with E-state index in [-0.39, 0.29) is 0 Å². The predicted octanol–water partition coefficient (Wildman–Crippen LogP) is 1.14. The lowest BCUT2D eigenvalue weighted by atomic mass is 10.5. The quantitative estimate of drug-likeness (QED) is 0.531. The summed E-state index contributed by atoms with van der Waals surface area (Å²) in [6, 6.07) is 3.80. The minimum absolute atomic E-state index is 0.461. The van der Waals surface area contributed by atoms with Crippen LogP contribution in [-0.2, 0) is 0 Å². The molecule has 44 valence electrons. The smallest absolute Gasteiger partial charge is 0.126 e. The van der Waals surface area contributed by atoms with Crippen LogP contribution >= 0.6 is 23.9 Å². The molecule has 1 N–H and O–H groups in total. The van der Waals surface area contributed by atoms with E-state index in [1.165, 1.54) is 23.9 Å². The molecule has 1 aliphatic rings. The van der Waals surface area contributed by atoms with Gasteiger partial charge in [-0.2, -0.15) is 14.7 Å². The van der Waals surface area contributed by atoms with Gasteiger partial charge >= 0.3 is 0 Å². The van der Waals surface area contributed by atoms with Gasteiger partial charge in [0, 0.05) is 0 Å². The topological polar surface area (TPSA) is 59.6 Å². The molecule has 0 bridgehead atoms. The van der Waals surface area contributed by atoms with E-state index in [1.807, 2.05) is 12.1 Å². The standard InChI is InChI=1S/C4HN3S2/c5-1-3-4(2-6)9-7-8-3/h7H. The molecule has 9 heavy (non-hydrogen) atoms. The summed E-state index contributed by atoms with van der Waals surface area (Å²) in [4.78, 5) is 0.921. The lowest BCUT2D eigenvalue weighted by Crippen LogP contribution is -1.76. The third-order valence-electron chi connectivity index (χ3n) is 0.697. The van der Waals surface area contributed by atoms with Crippen molar-refractivity contribution in [3.05, 3.63) is 9.81 Å². The van der Waals surface area contributed by atoms with Crippen LogP contribution in [0.2, 0.25) is 0 Å². The minimum Gasteiger partial charge on any atom is -0.198 e. The van der Waals surface area contributed by atoms with Crippen LogP contribution in [0.25, 0.3) is 0 Å². The summed E-state index contributed by atoms with van der Waals surface area (Å²) in [5.41, 5.74) is 0. The Morgan fingerprint density at radius 2 is 1.56 bits per heavy atom. The fourth-order valence-electron chi connectivity index (χ4n) is 0.344. The van der Waals surface area contributed by atoms with Gasteiger partial charge in [-0.05, 0) is 23.9 Å². The van der Waals surface area contributed by atoms with Crippen LogP contribution < -0.4 is 4.13 Å². The third-order valence-corrected chi connectivity index (χ3v) is 2.49. The maximum Gasteiger partial charge on any atom is 0.126 e. The summed E-state index contributed by atoms with van der Waals surface area (Å²) < 4.78 is 2.74. The summed E-state index contributed by atoms with van der Waals surface area (Å²) in [6.45, 7) is 0. The van der Waals surface area contributed by atoms with E-state index in [0.29, 0.717) is 9.81 Å². The molecule has 1 aliphatic heterocycles. The van der Waals surface area contributed by atoms with Gasteiger partial charge in [-0.1, -0.05) is 0 Å². The number of hydrogen-bond donors (Lipinski definition) is 1. The molecule has 0 fully saturated rings. The Bertz CT molecular complexity index is 207. The molecule has 3 nitrogen and oxygen atoms in total. The Morgan fingerprint density at radius 3 is 1.89 bits per heavy atom. The van der Waals surface area contributed by atoms with Crippen LogP contribution in [0, 0.1) is 22.7 Å². The Labute approximate surface area is 61.0 Å². The van der Waals surface area contributed by atoms with Crippen molar-refractivity contribution in [2.45, 2.75) is 0 Å². The van der Waals surface area contributed by atoms with Crippen molar-refractivity contribution in [2.24, 2.45) is 0 Å². The highest BCUT2D eigenvalue weighted by atomic mass is 32.2. The van der Waals surface area contributed by atoms with Crippen LogP contribution in [0.4, 0.5) is 0 Å². The zero-order valence-electron chi connectivity index (χ0n) is 4.21. The van der Waals surface area contributed by atoms with E-state index in [9.17, 15) is 0 Å². The zero-order valence-corrected chi connectivity index (χ0v) is 5.84. The summed E-state index contributed by atoms with van der Waals surface area (Å²) >= 11 is 2.37. The average molecular weight is 155 g/mol. The van der Waals surface area contributed by atoms with Crippen molar-refractivity contribution in [1.82, 2.24) is 4.13 Å². The van der Waals surface area contributed by atoms with Crippen molar-refractivity contribution >= 4 is 23.9 Å². The first-order valence-corrected chi connectivity index (χ1v) is 3.65. The average Bonchev–Trinajstić information content (AvgIpc) is 2.33. The molecular weight excluding hydrogens is 154 g/mol. The summed E-state index contributed by atoms with van der Waals surface area (Å²) in [7, 11) is 0. The van der Waals surface area contributed by atoms with Gasteiger partial charge < -0.3 is 0 Å². The molecule has 0 aromatic rings. The zero-order chi connectivity index (χ0) is 6.69. The molecule has 0 aromatic carbocycles. The molecule has 0 saturated carbocycles. The van der Waals surface area contributed by atoms with Crippen molar-refractivity contribution < 1.29 is 0 Å². The van der Waals surface area contributed by atoms with Gasteiger partial charge in [-0.3, -0.25) is 0 Å². The molecule has 0 amide bonds. The van der Waals surface area contributed by atoms with Crippen molar-refractivity contribution in [1.29, 1.82) is 10.5 Å². The first-order chi connectivity index (χ1) is 4.38. The molecule has 0 spiro atoms. The van der Waals surface area contributed by atoms with Gasteiger partial charge in [0.25, 0.3) is 0 Å². The van der Waals surface area contributed by atoms with Crippen LogP contribution in [0.1, 0.15) is 0 Å². The number of allylic oxidation sites excluding steroid dienone is 2. The van der Waals surface area contributed by atoms with Gasteiger partial charge in [0.2, 0.25) is 0 Å². The van der Waals surface area contributed by atoms with Gasteiger partial charge in [0.15, 0.2) is 0 Å². The van der Waals surface area contributed by atoms with E-state index in [4.69, 9.17) is 10.5 Å². The van der Waals surface area contributed by atoms with E-state index < -0.39 is 0 Å². The van der Waals surface area contributed by atoms with Crippen LogP contribution in [0.3, 0.4) is 0 Å². The highest BCUT2D eigenvalue weighted by molar-refractivity contribution is 8.19. The minimum atomic E-state index is 0.461. The normalized spacial score (nSPS) is 17.1. The molecule has 0 aliphatic carbocycles. The number of hydrogen-bond acceptors (Lipinski definition) is 5. The highest BCUT2D eigenvalue weighted by Gasteiger charge is 2.14. The molecule has 5 heteroatoms. The first kappa shape index (κ1) is 6.50. The summed E-state index contributed by atoms with van der Waals surface area (Å²) in [6.07, 6.45) is 0. The molecule has 0 radical (unpaired) electrons. The summed E-state index contributed by atoms with van der Waals surface area (Å²) in [5, 5.41) is 16.7. The van der Waals surface area contributed by atoms with E-state index >= 15 is 0 Å². The molecule has 0 saturated heterocycles. The number of nitrogens with one attached hydrogen (secondary N) is 1. The van der Waals surface area contributed by atoms with Gasteiger partial charge in [-0.25, -0.2) is 0 Å². The van der Waals surface area contributed by atoms with E-state index in [1.54, 1.807) is 0 Å². The van der Waals surface area contributed by atoms with Crippen LogP contribution in [-0.4, -0.2) is 0 Å². The van der Waals surface area contributed by atoms with Crippen molar-refractivity contribution in [2.75, 3.05) is 0 Å². The lowest BCUT2D eigenvalue weighted by molar-refractivity contribution is 1.50. The van der Waals surface area contributed by atoms with Crippen molar-refractivity contribution in [3.63, 3.8) is 0 Å². The molecule has 1 heterocycles. The predicted molar refractivity (Wildman–Crippen MR) is 36.6 cm³/mol. The van der Waals surface area contributed by atoms with E-state index in [2.05, 4.69) is 4.13 Å². The number of rotatable bonds is 0. The van der Waals surface area contributed by atoms with Crippen molar-refractivity contribution in [3.8, 4) is 12.1 Å². The molecular formula is C4HN3S2. The Kier molecular flexibility index (Phi) is 2.01. The highest BCUT2D eigenvalue weighted by Crippen LogP contribution is 2.32. The Hall–Kier alpha value is -0.620. The van der Waals surface area contributed by atoms with Gasteiger partial charge in [-0.15, -0.1) is 0 Å². The Balaban J connectivity index is 2.90. The van der Waals surface area contributed by atoms with Gasteiger partial charge in [0.05, 0.1) is 0 Å². The number of nitriles is 2. The fraction of sp³-hybridized carbons (Fsp3) is 0. The molecule has 0 aromatic heterocycles. The number of nitrogens with zero attached hydrogens (tertiary/aromatic N) is 2. The second-order valence-electron chi connectivity index (χ2n) is 1.17. The molecule has 1 rings (SSSR count). The monoisotopic (exact) mass is 155 g/mol. The van der Waals surface area contributed by atoms with Crippen LogP contribution in [0.5, 0.6) is 0 Å². The summed E-state index contributed by atoms with van der Waals surface area (Å²) in [5.74, 6) is 0. The second-order valence-corrected chi connectivity index (χ2v) is 3.06.